The van der Waals surface area contributed by atoms with Crippen molar-refractivity contribution in [3.63, 3.8) is 0 Å². The lowest BCUT2D eigenvalue weighted by molar-refractivity contribution is 0.145. The van der Waals surface area contributed by atoms with Crippen molar-refractivity contribution in [2.75, 3.05) is 57.8 Å². The molecule has 2 aromatic rings. The number of piperazine rings is 1. The average Bonchev–Trinajstić information content (AvgIpc) is 3.50. The molecule has 0 spiro atoms. The Morgan fingerprint density at radius 3 is 2.63 bits per heavy atom. The van der Waals surface area contributed by atoms with Crippen molar-refractivity contribution in [1.82, 2.24) is 24.5 Å². The second kappa shape index (κ2) is 10.3. The Balaban J connectivity index is 1.33. The summed E-state index contributed by atoms with van der Waals surface area (Å²) in [6, 6.07) is 4.32. The summed E-state index contributed by atoms with van der Waals surface area (Å²) in [7, 11) is 1.87. The normalized spacial score (nSPS) is 19.9. The smallest absolute Gasteiger partial charge is 0.205 e. The van der Waals surface area contributed by atoms with E-state index in [1.807, 2.05) is 13.1 Å². The van der Waals surface area contributed by atoms with E-state index in [2.05, 4.69) is 47.4 Å². The Labute approximate surface area is 183 Å². The fourth-order valence-corrected chi connectivity index (χ4v) is 5.07. The summed E-state index contributed by atoms with van der Waals surface area (Å²) in [5.41, 5.74) is 0. The van der Waals surface area contributed by atoms with E-state index in [0.29, 0.717) is 0 Å². The molecule has 8 nitrogen and oxygen atoms in total. The molecule has 0 bridgehead atoms. The lowest BCUT2D eigenvalue weighted by Gasteiger charge is -2.38. The molecule has 2 aliphatic rings. The molecule has 30 heavy (non-hydrogen) atoms. The monoisotopic (exact) mass is 431 g/mol. The molecule has 4 heterocycles. The van der Waals surface area contributed by atoms with Gasteiger partial charge in [0.25, 0.3) is 0 Å². The first-order valence-corrected chi connectivity index (χ1v) is 11.9. The van der Waals surface area contributed by atoms with E-state index < -0.39 is 0 Å². The minimum absolute atomic E-state index is 0.243. The third-order valence-electron chi connectivity index (χ3n) is 5.99. The molecule has 1 atom stereocenters. The second-order valence-electron chi connectivity index (χ2n) is 7.88. The number of guanidine groups is 1. The fourth-order valence-electron chi connectivity index (χ4n) is 4.27. The van der Waals surface area contributed by atoms with Gasteiger partial charge in [-0.1, -0.05) is 13.3 Å². The largest absolute Gasteiger partial charge is 0.468 e. The minimum Gasteiger partial charge on any atom is -0.468 e. The van der Waals surface area contributed by atoms with Gasteiger partial charge in [0.05, 0.1) is 12.3 Å². The molecule has 9 heteroatoms. The number of furan rings is 1. The van der Waals surface area contributed by atoms with Crippen LogP contribution in [0, 0.1) is 0 Å². The highest BCUT2D eigenvalue weighted by molar-refractivity contribution is 7.09. The summed E-state index contributed by atoms with van der Waals surface area (Å²) >= 11 is 1.51. The van der Waals surface area contributed by atoms with Gasteiger partial charge in [-0.05, 0) is 38.1 Å². The zero-order valence-corrected chi connectivity index (χ0v) is 18.9. The molecule has 0 aromatic carbocycles. The number of hydrogen-bond donors (Lipinski definition) is 1. The van der Waals surface area contributed by atoms with Crippen LogP contribution in [0.15, 0.2) is 27.8 Å². The first-order valence-electron chi connectivity index (χ1n) is 11.1. The van der Waals surface area contributed by atoms with Gasteiger partial charge >= 0.3 is 0 Å². The summed E-state index contributed by atoms with van der Waals surface area (Å²) in [6.45, 7) is 8.89. The lowest BCUT2D eigenvalue weighted by Crippen LogP contribution is -2.53. The number of aromatic nitrogens is 2. The SMILES string of the molecule is CCc1nsc(N2CCN(C(=NC)NCC(c3ccco3)N3CCCCC3)CC2)n1. The highest BCUT2D eigenvalue weighted by atomic mass is 32.1. The van der Waals surface area contributed by atoms with E-state index in [-0.39, 0.29) is 6.04 Å². The molecule has 164 valence electrons. The third-order valence-corrected chi connectivity index (χ3v) is 6.81. The van der Waals surface area contributed by atoms with Gasteiger partial charge in [-0.2, -0.15) is 4.37 Å². The number of anilines is 1. The molecule has 1 N–H and O–H groups in total. The van der Waals surface area contributed by atoms with E-state index in [0.717, 1.165) is 74.9 Å². The fraction of sp³-hybridized carbons (Fsp3) is 0.667. The van der Waals surface area contributed by atoms with Gasteiger partial charge in [-0.25, -0.2) is 4.98 Å². The molecule has 1 unspecified atom stereocenters. The number of rotatable bonds is 6. The number of likely N-dealkylation sites (tertiary alicyclic amines) is 1. The number of hydrogen-bond acceptors (Lipinski definition) is 7. The summed E-state index contributed by atoms with van der Waals surface area (Å²) in [6.07, 6.45) is 6.52. The quantitative estimate of drug-likeness (QED) is 0.557. The van der Waals surface area contributed by atoms with Crippen LogP contribution < -0.4 is 10.2 Å². The van der Waals surface area contributed by atoms with Gasteiger partial charge in [0.15, 0.2) is 5.96 Å². The number of nitrogens with one attached hydrogen (secondary N) is 1. The molecular weight excluding hydrogens is 398 g/mol. The summed E-state index contributed by atoms with van der Waals surface area (Å²) in [5, 5.41) is 4.66. The van der Waals surface area contributed by atoms with Crippen LogP contribution in [0.4, 0.5) is 5.13 Å². The highest BCUT2D eigenvalue weighted by Gasteiger charge is 2.26. The number of nitrogens with zero attached hydrogens (tertiary/aromatic N) is 6. The Morgan fingerprint density at radius 1 is 1.20 bits per heavy atom. The van der Waals surface area contributed by atoms with Crippen LogP contribution in [0.5, 0.6) is 0 Å². The van der Waals surface area contributed by atoms with Crippen LogP contribution in [0.2, 0.25) is 0 Å². The topological polar surface area (TPSA) is 73.0 Å². The first-order chi connectivity index (χ1) is 14.8. The maximum Gasteiger partial charge on any atom is 0.205 e. The molecule has 2 aliphatic heterocycles. The van der Waals surface area contributed by atoms with Gasteiger partial charge in [-0.15, -0.1) is 0 Å². The predicted octanol–water partition coefficient (Wildman–Crippen LogP) is 2.62. The van der Waals surface area contributed by atoms with Gasteiger partial charge in [-0.3, -0.25) is 9.89 Å². The minimum atomic E-state index is 0.243. The zero-order valence-electron chi connectivity index (χ0n) is 18.1. The summed E-state index contributed by atoms with van der Waals surface area (Å²) in [5.74, 6) is 2.94. The van der Waals surface area contributed by atoms with Crippen LogP contribution in [-0.4, -0.2) is 78.0 Å². The van der Waals surface area contributed by atoms with Crippen LogP contribution in [0.3, 0.4) is 0 Å². The third kappa shape index (κ3) is 4.95. The molecule has 0 saturated carbocycles. The van der Waals surface area contributed by atoms with Gasteiger partial charge in [0.2, 0.25) is 5.13 Å². The van der Waals surface area contributed by atoms with Crippen molar-refractivity contribution in [2.45, 2.75) is 38.6 Å². The molecule has 2 aromatic heterocycles. The Bertz CT molecular complexity index is 792. The molecule has 0 radical (unpaired) electrons. The van der Waals surface area contributed by atoms with Crippen LogP contribution in [0.25, 0.3) is 0 Å². The average molecular weight is 432 g/mol. The molecule has 0 aliphatic carbocycles. The number of aliphatic imine (C=N–C) groups is 1. The van der Waals surface area contributed by atoms with Gasteiger partial charge in [0.1, 0.15) is 11.6 Å². The predicted molar refractivity (Wildman–Crippen MR) is 121 cm³/mol. The standard InChI is InChI=1S/C21H33N7OS/c1-3-19-24-21(30-25-19)28-13-11-27(12-14-28)20(22-2)23-16-17(18-8-7-15-29-18)26-9-5-4-6-10-26/h7-8,15,17H,3-6,9-14,16H2,1-2H3,(H,22,23). The zero-order chi connectivity index (χ0) is 20.8. The number of aryl methyl sites for hydroxylation is 1. The molecule has 2 saturated heterocycles. The number of piperidine rings is 1. The van der Waals surface area contributed by atoms with Gasteiger partial charge < -0.3 is 19.5 Å². The first kappa shape index (κ1) is 21.1. The van der Waals surface area contributed by atoms with E-state index in [1.165, 1.54) is 30.8 Å². The van der Waals surface area contributed by atoms with Crippen molar-refractivity contribution in [3.8, 4) is 0 Å². The molecule has 0 amide bonds. The molecule has 4 rings (SSSR count). The Kier molecular flexibility index (Phi) is 7.22. The Hall–Kier alpha value is -2.13. The van der Waals surface area contributed by atoms with Crippen molar-refractivity contribution >= 4 is 22.6 Å². The van der Waals surface area contributed by atoms with E-state index in [1.54, 1.807) is 6.26 Å². The van der Waals surface area contributed by atoms with Crippen LogP contribution in [-0.2, 0) is 6.42 Å². The molecule has 2 fully saturated rings. The van der Waals surface area contributed by atoms with Crippen LogP contribution in [0.1, 0.15) is 43.8 Å². The van der Waals surface area contributed by atoms with E-state index in [4.69, 9.17) is 4.42 Å². The lowest BCUT2D eigenvalue weighted by atomic mass is 10.1. The summed E-state index contributed by atoms with van der Waals surface area (Å²) in [4.78, 5) is 16.4. The molecular formula is C21H33N7OS. The second-order valence-corrected chi connectivity index (χ2v) is 8.61. The maximum absolute atomic E-state index is 5.78. The van der Waals surface area contributed by atoms with E-state index in [9.17, 15) is 0 Å². The van der Waals surface area contributed by atoms with Crippen molar-refractivity contribution in [3.05, 3.63) is 30.0 Å². The van der Waals surface area contributed by atoms with Gasteiger partial charge in [0, 0.05) is 57.7 Å². The van der Waals surface area contributed by atoms with Crippen molar-refractivity contribution in [1.29, 1.82) is 0 Å². The highest BCUT2D eigenvalue weighted by Crippen LogP contribution is 2.25. The summed E-state index contributed by atoms with van der Waals surface area (Å²) < 4.78 is 10.2. The van der Waals surface area contributed by atoms with E-state index >= 15 is 0 Å². The van der Waals surface area contributed by atoms with Crippen molar-refractivity contribution < 1.29 is 4.42 Å². The Morgan fingerprint density at radius 2 is 2.00 bits per heavy atom. The van der Waals surface area contributed by atoms with Crippen LogP contribution >= 0.6 is 11.5 Å². The van der Waals surface area contributed by atoms with Crippen molar-refractivity contribution in [2.24, 2.45) is 4.99 Å². The maximum atomic E-state index is 5.78.